The van der Waals surface area contributed by atoms with E-state index in [9.17, 15) is 4.79 Å². The highest BCUT2D eigenvalue weighted by atomic mass is 16.5. The number of hydrogen-bond donors (Lipinski definition) is 1. The van der Waals surface area contributed by atoms with E-state index < -0.39 is 0 Å². The lowest BCUT2D eigenvalue weighted by atomic mass is 10.3. The van der Waals surface area contributed by atoms with Gasteiger partial charge in [0.1, 0.15) is 18.1 Å². The largest absolute Gasteiger partial charge is 0.497 e. The molecule has 0 aliphatic heterocycles. The van der Waals surface area contributed by atoms with Crippen molar-refractivity contribution >= 4 is 5.91 Å². The fourth-order valence-electron chi connectivity index (χ4n) is 1.55. The van der Waals surface area contributed by atoms with Crippen molar-refractivity contribution in [2.24, 2.45) is 7.05 Å². The van der Waals surface area contributed by atoms with Crippen LogP contribution in [0.15, 0.2) is 30.5 Å². The van der Waals surface area contributed by atoms with Crippen LogP contribution >= 0.6 is 0 Å². The summed E-state index contributed by atoms with van der Waals surface area (Å²) in [5.41, 5.74) is 0.289. The van der Waals surface area contributed by atoms with Crippen LogP contribution in [0.25, 0.3) is 0 Å². The summed E-state index contributed by atoms with van der Waals surface area (Å²) in [5, 5.41) is 10.4. The Bertz CT molecular complexity index is 565. The Balaban J connectivity index is 1.72. The van der Waals surface area contributed by atoms with Crippen molar-refractivity contribution in [3.8, 4) is 11.5 Å². The molecule has 1 aromatic carbocycles. The summed E-state index contributed by atoms with van der Waals surface area (Å²) in [4.78, 5) is 13.0. The Morgan fingerprint density at radius 2 is 2.00 bits per heavy atom. The third-order valence-corrected chi connectivity index (χ3v) is 2.55. The molecule has 0 fully saturated rings. The fourth-order valence-corrected chi connectivity index (χ4v) is 1.55. The average Bonchev–Trinajstić information content (AvgIpc) is 2.91. The van der Waals surface area contributed by atoms with Crippen molar-refractivity contribution in [3.63, 3.8) is 0 Å². The summed E-state index contributed by atoms with van der Waals surface area (Å²) in [7, 11) is 3.27. The van der Waals surface area contributed by atoms with Gasteiger partial charge in [-0.2, -0.15) is 9.90 Å². The maximum atomic E-state index is 11.7. The zero-order valence-electron chi connectivity index (χ0n) is 11.4. The van der Waals surface area contributed by atoms with Crippen LogP contribution < -0.4 is 14.8 Å². The van der Waals surface area contributed by atoms with E-state index in [-0.39, 0.29) is 11.6 Å². The van der Waals surface area contributed by atoms with E-state index in [4.69, 9.17) is 9.47 Å². The van der Waals surface area contributed by atoms with Gasteiger partial charge in [0.25, 0.3) is 5.91 Å². The Kier molecular flexibility index (Phi) is 4.54. The van der Waals surface area contributed by atoms with Crippen molar-refractivity contribution in [1.29, 1.82) is 0 Å². The minimum Gasteiger partial charge on any atom is -0.497 e. The number of nitrogens with zero attached hydrogens (tertiary/aromatic N) is 3. The van der Waals surface area contributed by atoms with Crippen LogP contribution in [-0.2, 0) is 7.05 Å². The number of hydrogen-bond acceptors (Lipinski definition) is 5. The van der Waals surface area contributed by atoms with Crippen molar-refractivity contribution < 1.29 is 14.3 Å². The molecule has 0 spiro atoms. The first-order valence-electron chi connectivity index (χ1n) is 6.10. The number of benzene rings is 1. The molecule has 1 aromatic heterocycles. The Morgan fingerprint density at radius 3 is 2.60 bits per heavy atom. The molecule has 7 heteroatoms. The second kappa shape index (κ2) is 6.55. The molecule has 1 amide bonds. The lowest BCUT2D eigenvalue weighted by Gasteiger charge is -2.07. The van der Waals surface area contributed by atoms with Crippen LogP contribution in [0.1, 0.15) is 10.5 Å². The monoisotopic (exact) mass is 276 g/mol. The molecule has 0 aliphatic rings. The normalized spacial score (nSPS) is 10.1. The quantitative estimate of drug-likeness (QED) is 0.783. The number of rotatable bonds is 6. The minimum atomic E-state index is -0.267. The molecule has 0 aliphatic carbocycles. The molecule has 0 radical (unpaired) electrons. The van der Waals surface area contributed by atoms with Gasteiger partial charge < -0.3 is 14.8 Å². The molecule has 1 N–H and O–H groups in total. The highest BCUT2D eigenvalue weighted by molar-refractivity contribution is 5.91. The van der Waals surface area contributed by atoms with Gasteiger partial charge in [-0.3, -0.25) is 4.79 Å². The number of ether oxygens (including phenoxy) is 2. The predicted molar refractivity (Wildman–Crippen MR) is 71.8 cm³/mol. The number of carbonyl (C=O) groups is 1. The van der Waals surface area contributed by atoms with Crippen molar-refractivity contribution in [3.05, 3.63) is 36.2 Å². The summed E-state index contributed by atoms with van der Waals surface area (Å²) in [5.74, 6) is 1.23. The molecule has 0 unspecified atom stereocenters. The van der Waals surface area contributed by atoms with Gasteiger partial charge in [0.05, 0.1) is 19.9 Å². The second-order valence-corrected chi connectivity index (χ2v) is 4.00. The molecule has 0 atom stereocenters. The topological polar surface area (TPSA) is 78.3 Å². The summed E-state index contributed by atoms with van der Waals surface area (Å²) >= 11 is 0. The molecule has 0 saturated carbocycles. The summed E-state index contributed by atoms with van der Waals surface area (Å²) in [6.07, 6.45) is 1.42. The number of aromatic nitrogens is 3. The number of amides is 1. The van der Waals surface area contributed by atoms with Crippen LogP contribution in [0.2, 0.25) is 0 Å². The third kappa shape index (κ3) is 3.71. The molecule has 1 heterocycles. The third-order valence-electron chi connectivity index (χ3n) is 2.55. The lowest BCUT2D eigenvalue weighted by Crippen LogP contribution is -2.28. The molecular weight excluding hydrogens is 260 g/mol. The van der Waals surface area contributed by atoms with E-state index in [1.54, 1.807) is 14.2 Å². The summed E-state index contributed by atoms with van der Waals surface area (Å²) in [6, 6.07) is 7.24. The van der Waals surface area contributed by atoms with Crippen molar-refractivity contribution in [2.75, 3.05) is 20.3 Å². The molecule has 106 valence electrons. The van der Waals surface area contributed by atoms with Gasteiger partial charge in [0.15, 0.2) is 5.69 Å². The zero-order chi connectivity index (χ0) is 14.4. The maximum absolute atomic E-state index is 11.7. The van der Waals surface area contributed by atoms with Crippen molar-refractivity contribution in [2.45, 2.75) is 0 Å². The average molecular weight is 276 g/mol. The van der Waals surface area contributed by atoms with E-state index >= 15 is 0 Å². The van der Waals surface area contributed by atoms with Gasteiger partial charge in [-0.15, -0.1) is 5.10 Å². The van der Waals surface area contributed by atoms with E-state index in [0.29, 0.717) is 13.2 Å². The zero-order valence-corrected chi connectivity index (χ0v) is 11.4. The van der Waals surface area contributed by atoms with Crippen LogP contribution in [-0.4, -0.2) is 41.2 Å². The van der Waals surface area contributed by atoms with Gasteiger partial charge in [0.2, 0.25) is 0 Å². The first kappa shape index (κ1) is 13.9. The molecule has 7 nitrogen and oxygen atoms in total. The van der Waals surface area contributed by atoms with Gasteiger partial charge in [-0.25, -0.2) is 0 Å². The highest BCUT2D eigenvalue weighted by Gasteiger charge is 2.08. The first-order valence-corrected chi connectivity index (χ1v) is 6.10. The van der Waals surface area contributed by atoms with E-state index in [1.807, 2.05) is 24.3 Å². The Morgan fingerprint density at radius 1 is 1.30 bits per heavy atom. The van der Waals surface area contributed by atoms with Gasteiger partial charge in [0, 0.05) is 7.05 Å². The minimum absolute atomic E-state index is 0.267. The molecular formula is C13H16N4O3. The molecule has 0 saturated heterocycles. The smallest absolute Gasteiger partial charge is 0.273 e. The number of nitrogens with one attached hydrogen (secondary N) is 1. The van der Waals surface area contributed by atoms with Crippen LogP contribution in [0, 0.1) is 0 Å². The summed E-state index contributed by atoms with van der Waals surface area (Å²) < 4.78 is 10.5. The van der Waals surface area contributed by atoms with Crippen LogP contribution in [0.3, 0.4) is 0 Å². The number of carbonyl (C=O) groups excluding carboxylic acids is 1. The van der Waals surface area contributed by atoms with Crippen molar-refractivity contribution in [1.82, 2.24) is 20.3 Å². The second-order valence-electron chi connectivity index (χ2n) is 4.00. The molecule has 2 rings (SSSR count). The number of methoxy groups -OCH3 is 1. The van der Waals surface area contributed by atoms with Crippen LogP contribution in [0.5, 0.6) is 11.5 Å². The predicted octanol–water partition coefficient (Wildman–Crippen LogP) is 0.632. The van der Waals surface area contributed by atoms with Crippen LogP contribution in [0.4, 0.5) is 0 Å². The SMILES string of the molecule is COc1ccc(OCCNC(=O)c2cnn(C)n2)cc1. The Labute approximate surface area is 116 Å². The first-order chi connectivity index (χ1) is 9.69. The molecule has 2 aromatic rings. The maximum Gasteiger partial charge on any atom is 0.273 e. The highest BCUT2D eigenvalue weighted by Crippen LogP contribution is 2.16. The van der Waals surface area contributed by atoms with E-state index in [2.05, 4.69) is 15.5 Å². The van der Waals surface area contributed by atoms with Gasteiger partial charge >= 0.3 is 0 Å². The molecule has 20 heavy (non-hydrogen) atoms. The van der Waals surface area contributed by atoms with Gasteiger partial charge in [-0.1, -0.05) is 0 Å². The lowest BCUT2D eigenvalue weighted by molar-refractivity contribution is 0.0941. The van der Waals surface area contributed by atoms with E-state index in [0.717, 1.165) is 11.5 Å². The summed E-state index contributed by atoms with van der Waals surface area (Å²) in [6.45, 7) is 0.764. The standard InChI is InChI=1S/C13H16N4O3/c1-17-15-9-12(16-17)13(18)14-7-8-20-11-5-3-10(19-2)4-6-11/h3-6,9H,7-8H2,1-2H3,(H,14,18). The van der Waals surface area contributed by atoms with E-state index in [1.165, 1.54) is 11.0 Å². The van der Waals surface area contributed by atoms with Gasteiger partial charge in [-0.05, 0) is 24.3 Å². The Hall–Kier alpha value is -2.57. The fraction of sp³-hybridized carbons (Fsp3) is 0.308. The molecule has 0 bridgehead atoms. The number of aryl methyl sites for hydroxylation is 1.